The Bertz CT molecular complexity index is 5660. The quantitative estimate of drug-likeness (QED) is 0.152. The maximum atomic E-state index is 5.34. The summed E-state index contributed by atoms with van der Waals surface area (Å²) in [6, 6.07) is 104. The Hall–Kier alpha value is -12.2. The lowest BCUT2D eigenvalue weighted by Crippen LogP contribution is -2.02. The summed E-state index contributed by atoms with van der Waals surface area (Å²) < 4.78 is 11.8. The molecular formula is C80H49N9. The molecule has 0 bridgehead atoms. The average molecular weight is 1140 g/mol. The van der Waals surface area contributed by atoms with Crippen molar-refractivity contribution in [3.05, 3.63) is 297 Å². The lowest BCUT2D eigenvalue weighted by Gasteiger charge is -2.13. The van der Waals surface area contributed by atoms with Gasteiger partial charge in [-0.1, -0.05) is 140 Å². The van der Waals surface area contributed by atoms with Crippen LogP contribution in [0, 0.1) is 0 Å². The topological polar surface area (TPSA) is 76.2 Å². The Labute approximate surface area is 509 Å². The minimum absolute atomic E-state index is 0.571. The lowest BCUT2D eigenvalue weighted by molar-refractivity contribution is 1.07. The Balaban J connectivity index is 0.735. The zero-order valence-electron chi connectivity index (χ0n) is 47.8. The normalized spacial score (nSPS) is 12.0. The smallest absolute Gasteiger partial charge is 0.164 e. The zero-order chi connectivity index (χ0) is 58.3. The van der Waals surface area contributed by atoms with Crippen LogP contribution >= 0.6 is 0 Å². The number of hydrogen-bond acceptors (Lipinski definition) is 4. The van der Waals surface area contributed by atoms with Crippen molar-refractivity contribution >= 4 is 109 Å². The number of nitrogens with zero attached hydrogens (tertiary/aromatic N) is 9. The summed E-state index contributed by atoms with van der Waals surface area (Å²) in [7, 11) is 0. The summed E-state index contributed by atoms with van der Waals surface area (Å²) >= 11 is 0. The largest absolute Gasteiger partial charge is 0.309 e. The number of pyridine rings is 1. The molecule has 0 amide bonds. The molecule has 89 heavy (non-hydrogen) atoms. The van der Waals surface area contributed by atoms with Gasteiger partial charge in [0.05, 0.1) is 60.7 Å². The predicted molar refractivity (Wildman–Crippen MR) is 366 cm³/mol. The molecule has 0 spiro atoms. The molecule has 9 nitrogen and oxygen atoms in total. The highest BCUT2D eigenvalue weighted by Crippen LogP contribution is 2.41. The molecular weight excluding hydrogens is 1090 g/mol. The maximum absolute atomic E-state index is 5.34. The minimum Gasteiger partial charge on any atom is -0.309 e. The summed E-state index contributed by atoms with van der Waals surface area (Å²) in [5.74, 6) is 1.72. The monoisotopic (exact) mass is 1140 g/mol. The van der Waals surface area contributed by atoms with Crippen LogP contribution < -0.4 is 0 Å². The average Bonchev–Trinajstić information content (AvgIpc) is 1.74. The van der Waals surface area contributed by atoms with E-state index >= 15 is 0 Å². The van der Waals surface area contributed by atoms with Gasteiger partial charge in [-0.15, -0.1) is 0 Å². The van der Waals surface area contributed by atoms with E-state index in [2.05, 4.69) is 308 Å². The summed E-state index contributed by atoms with van der Waals surface area (Å²) in [6.07, 6.45) is 1.86. The molecule has 0 aliphatic rings. The Kier molecular flexibility index (Phi) is 10.6. The molecule has 12 aromatic carbocycles. The van der Waals surface area contributed by atoms with Gasteiger partial charge in [-0.25, -0.2) is 15.0 Å². The second-order valence-corrected chi connectivity index (χ2v) is 23.0. The standard InChI is InChI=1S/C80H49N9/c1-8-26-67-58(19-1)59-20-2-9-27-68(59)87(67)56-42-44-74-65(48-56)62-23-5-12-30-71(62)85(74)53-38-34-50(35-39-53)78-82-79(84-80(83-78)52-17-15-18-55(47-52)89-73-32-14-7-25-64(73)77-76(89)33-16-46-81-77)51-36-40-54(41-37-51)86-72-31-13-6-24-63(72)66-49-57(43-45-75(66)86)88-69-28-10-3-21-60(69)61-22-4-11-29-70(61)88/h1-49H. The highest BCUT2D eigenvalue weighted by atomic mass is 15.1. The molecule has 7 aromatic heterocycles. The molecule has 7 heterocycles. The van der Waals surface area contributed by atoms with Crippen molar-refractivity contribution < 1.29 is 0 Å². The molecule has 0 radical (unpaired) electrons. The SMILES string of the molecule is c1cc(-c2nc(-c3ccc(-n4c5ccccc5c5cc(-n6c7ccccc7c7ccccc76)ccc54)cc3)nc(-c3ccc(-n4c5ccccc5c5cc(-n6c7ccccc7c7ccccc76)ccc54)cc3)n2)cc(-n2c3ccccc3c3ncccc32)c1. The van der Waals surface area contributed by atoms with E-state index in [1.807, 2.05) is 12.3 Å². The van der Waals surface area contributed by atoms with Crippen molar-refractivity contribution in [3.8, 4) is 62.6 Å². The summed E-state index contributed by atoms with van der Waals surface area (Å²) in [5.41, 5.74) is 20.3. The van der Waals surface area contributed by atoms with Crippen molar-refractivity contribution in [1.29, 1.82) is 0 Å². The third kappa shape index (κ3) is 7.42. The first-order valence-corrected chi connectivity index (χ1v) is 30.1. The van der Waals surface area contributed by atoms with E-state index in [1.165, 1.54) is 65.2 Å². The summed E-state index contributed by atoms with van der Waals surface area (Å²) in [4.78, 5) is 20.9. The zero-order valence-corrected chi connectivity index (χ0v) is 47.8. The number of benzene rings is 12. The molecule has 0 saturated carbocycles. The van der Waals surface area contributed by atoms with Gasteiger partial charge in [0.1, 0.15) is 0 Å². The van der Waals surface area contributed by atoms with Crippen LogP contribution in [0.2, 0.25) is 0 Å². The van der Waals surface area contributed by atoms with Crippen LogP contribution in [0.1, 0.15) is 0 Å². The van der Waals surface area contributed by atoms with E-state index in [-0.39, 0.29) is 0 Å². The van der Waals surface area contributed by atoms with Gasteiger partial charge >= 0.3 is 0 Å². The van der Waals surface area contributed by atoms with E-state index < -0.39 is 0 Å². The van der Waals surface area contributed by atoms with E-state index in [0.717, 1.165) is 89.1 Å². The maximum Gasteiger partial charge on any atom is 0.164 e. The van der Waals surface area contributed by atoms with Crippen molar-refractivity contribution in [2.45, 2.75) is 0 Å². The van der Waals surface area contributed by atoms with Crippen molar-refractivity contribution in [2.75, 3.05) is 0 Å². The molecule has 414 valence electrons. The fourth-order valence-electron chi connectivity index (χ4n) is 14.3. The Morgan fingerprint density at radius 3 is 0.921 bits per heavy atom. The van der Waals surface area contributed by atoms with Gasteiger partial charge in [-0.05, 0) is 152 Å². The van der Waals surface area contributed by atoms with Crippen LogP contribution in [0.15, 0.2) is 297 Å². The second-order valence-electron chi connectivity index (χ2n) is 23.0. The van der Waals surface area contributed by atoms with Gasteiger partial charge in [-0.2, -0.15) is 0 Å². The fourth-order valence-corrected chi connectivity index (χ4v) is 14.3. The molecule has 0 aliphatic heterocycles. The van der Waals surface area contributed by atoms with Crippen molar-refractivity contribution in [3.63, 3.8) is 0 Å². The lowest BCUT2D eigenvalue weighted by atomic mass is 10.1. The molecule has 0 fully saturated rings. The van der Waals surface area contributed by atoms with E-state index in [9.17, 15) is 0 Å². The van der Waals surface area contributed by atoms with Gasteiger partial charge in [-0.3, -0.25) is 4.98 Å². The van der Waals surface area contributed by atoms with Crippen LogP contribution in [0.25, 0.3) is 172 Å². The molecule has 0 unspecified atom stereocenters. The Morgan fingerprint density at radius 2 is 0.494 bits per heavy atom. The van der Waals surface area contributed by atoms with Crippen LogP contribution in [0.5, 0.6) is 0 Å². The molecule has 0 N–H and O–H groups in total. The molecule has 19 aromatic rings. The van der Waals surface area contributed by atoms with Gasteiger partial charge in [0.2, 0.25) is 0 Å². The number of para-hydroxylation sites is 7. The van der Waals surface area contributed by atoms with Crippen LogP contribution in [0.3, 0.4) is 0 Å². The number of rotatable bonds is 8. The van der Waals surface area contributed by atoms with E-state index in [1.54, 1.807) is 0 Å². The fraction of sp³-hybridized carbons (Fsp3) is 0. The number of hydrogen-bond donors (Lipinski definition) is 0. The second kappa shape index (κ2) is 19.2. The third-order valence-electron chi connectivity index (χ3n) is 18.2. The van der Waals surface area contributed by atoms with Gasteiger partial charge < -0.3 is 22.8 Å². The first-order valence-electron chi connectivity index (χ1n) is 30.1. The summed E-state index contributed by atoms with van der Waals surface area (Å²) in [5, 5.41) is 10.8. The molecule has 0 atom stereocenters. The number of aromatic nitrogens is 9. The molecule has 0 saturated heterocycles. The van der Waals surface area contributed by atoms with E-state index in [4.69, 9.17) is 19.9 Å². The predicted octanol–water partition coefficient (Wildman–Crippen LogP) is 19.8. The molecule has 0 aliphatic carbocycles. The van der Waals surface area contributed by atoms with Crippen molar-refractivity contribution in [1.82, 2.24) is 42.8 Å². The third-order valence-corrected chi connectivity index (χ3v) is 18.2. The van der Waals surface area contributed by atoms with Crippen LogP contribution in [0.4, 0.5) is 0 Å². The van der Waals surface area contributed by atoms with Crippen LogP contribution in [-0.2, 0) is 0 Å². The Morgan fingerprint density at radius 1 is 0.191 bits per heavy atom. The minimum atomic E-state index is 0.571. The molecule has 9 heteroatoms. The first kappa shape index (κ1) is 49.1. The van der Waals surface area contributed by atoms with Gasteiger partial charge in [0, 0.05) is 99.8 Å². The van der Waals surface area contributed by atoms with Gasteiger partial charge in [0.15, 0.2) is 17.5 Å². The summed E-state index contributed by atoms with van der Waals surface area (Å²) in [6.45, 7) is 0. The highest BCUT2D eigenvalue weighted by molar-refractivity contribution is 6.14. The first-order chi connectivity index (χ1) is 44.1. The van der Waals surface area contributed by atoms with Crippen molar-refractivity contribution in [2.24, 2.45) is 0 Å². The number of fused-ring (bicyclic) bond motifs is 15. The van der Waals surface area contributed by atoms with Gasteiger partial charge in [0.25, 0.3) is 0 Å². The van der Waals surface area contributed by atoms with E-state index in [0.29, 0.717) is 17.5 Å². The van der Waals surface area contributed by atoms with Crippen LogP contribution in [-0.4, -0.2) is 42.8 Å². The molecule has 19 rings (SSSR count). The highest BCUT2D eigenvalue weighted by Gasteiger charge is 2.22.